The van der Waals surface area contributed by atoms with Crippen LogP contribution in [0.25, 0.3) is 0 Å². The molecule has 1 N–H and O–H groups in total. The molecule has 0 unspecified atom stereocenters. The Bertz CT molecular complexity index is 622. The van der Waals surface area contributed by atoms with Crippen molar-refractivity contribution in [2.45, 2.75) is 6.92 Å². The summed E-state index contributed by atoms with van der Waals surface area (Å²) < 4.78 is 6.98. The van der Waals surface area contributed by atoms with Crippen LogP contribution in [0.3, 0.4) is 0 Å². The largest absolute Gasteiger partial charge is 0.478 e. The van der Waals surface area contributed by atoms with Crippen molar-refractivity contribution in [1.29, 1.82) is 0 Å². The van der Waals surface area contributed by atoms with E-state index in [1.165, 1.54) is 0 Å². The quantitative estimate of drug-likeness (QED) is 0.476. The molecule has 0 radical (unpaired) electrons. The highest BCUT2D eigenvalue weighted by Gasteiger charge is 2.04. The Morgan fingerprint density at radius 1 is 0.909 bits per heavy atom. The van der Waals surface area contributed by atoms with Crippen LogP contribution in [0.15, 0.2) is 48.5 Å². The van der Waals surface area contributed by atoms with Crippen molar-refractivity contribution in [3.05, 3.63) is 66.8 Å². The predicted molar refractivity (Wildman–Crippen MR) is 101 cm³/mol. The number of carbonyl (C=O) groups is 2. The van der Waals surface area contributed by atoms with Gasteiger partial charge in [-0.25, -0.2) is 9.59 Å². The van der Waals surface area contributed by atoms with Crippen molar-refractivity contribution >= 4 is 57.1 Å². The molecule has 0 bridgehead atoms. The van der Waals surface area contributed by atoms with Crippen LogP contribution < -0.4 is 0 Å². The predicted octanol–water partition coefficient (Wildman–Crippen LogP) is 4.46. The second-order valence-corrected chi connectivity index (χ2v) is 6.53. The number of benzene rings is 2. The summed E-state index contributed by atoms with van der Waals surface area (Å²) in [5, 5.41) is 8.47. The average Bonchev–Trinajstić information content (AvgIpc) is 2.49. The first-order chi connectivity index (χ1) is 10.4. The minimum atomic E-state index is -0.878. The van der Waals surface area contributed by atoms with Crippen LogP contribution in [0.4, 0.5) is 0 Å². The fourth-order valence-corrected chi connectivity index (χ4v) is 2.11. The zero-order chi connectivity index (χ0) is 16.5. The maximum absolute atomic E-state index is 11.1. The lowest BCUT2D eigenvalue weighted by molar-refractivity contribution is 0.0525. The smallest absolute Gasteiger partial charge is 0.338 e. The van der Waals surface area contributed by atoms with Gasteiger partial charge in [-0.3, -0.25) is 0 Å². The molecule has 0 aliphatic heterocycles. The lowest BCUT2D eigenvalue weighted by Crippen LogP contribution is -2.03. The number of rotatable bonds is 3. The van der Waals surface area contributed by atoms with Gasteiger partial charge >= 0.3 is 11.9 Å². The van der Waals surface area contributed by atoms with E-state index in [0.717, 1.165) is 7.14 Å². The summed E-state index contributed by atoms with van der Waals surface area (Å²) in [6.45, 7) is 2.22. The second kappa shape index (κ2) is 9.78. The Balaban J connectivity index is 0.000000224. The number of halogens is 2. The van der Waals surface area contributed by atoms with Crippen LogP contribution in [0, 0.1) is 7.14 Å². The molecule has 0 aliphatic carbocycles. The van der Waals surface area contributed by atoms with E-state index in [1.54, 1.807) is 43.3 Å². The summed E-state index contributed by atoms with van der Waals surface area (Å²) in [6.07, 6.45) is 0. The summed E-state index contributed by atoms with van der Waals surface area (Å²) in [4.78, 5) is 21.4. The van der Waals surface area contributed by atoms with E-state index in [1.807, 2.05) is 12.1 Å². The van der Waals surface area contributed by atoms with Crippen LogP contribution >= 0.6 is 45.2 Å². The van der Waals surface area contributed by atoms with Crippen molar-refractivity contribution in [2.75, 3.05) is 6.61 Å². The maximum Gasteiger partial charge on any atom is 0.338 e. The van der Waals surface area contributed by atoms with Gasteiger partial charge in [0.25, 0.3) is 0 Å². The molecule has 0 atom stereocenters. The van der Waals surface area contributed by atoms with E-state index in [9.17, 15) is 9.59 Å². The van der Waals surface area contributed by atoms with Gasteiger partial charge in [-0.15, -0.1) is 0 Å². The van der Waals surface area contributed by atoms with Crippen LogP contribution in [-0.4, -0.2) is 23.7 Å². The fourth-order valence-electron chi connectivity index (χ4n) is 1.39. The standard InChI is InChI=1S/C9H9IO2.C7H5IO2/c1-2-12-9(11)7-3-5-8(10)6-4-7;8-6-3-1-5(2-4-6)7(9)10/h3-6H,2H2,1H3;1-4H,(H,9,10). The first-order valence-corrected chi connectivity index (χ1v) is 8.51. The maximum atomic E-state index is 11.1. The van der Waals surface area contributed by atoms with Gasteiger partial charge in [-0.2, -0.15) is 0 Å². The number of aromatic carboxylic acids is 1. The molecule has 0 spiro atoms. The van der Waals surface area contributed by atoms with Gasteiger partial charge in [-0.1, -0.05) is 0 Å². The molecule has 0 saturated heterocycles. The molecule has 0 amide bonds. The molecule has 0 heterocycles. The SMILES string of the molecule is CCOC(=O)c1ccc(I)cc1.O=C(O)c1ccc(I)cc1. The molecule has 2 aromatic rings. The van der Waals surface area contributed by atoms with Gasteiger partial charge in [0.15, 0.2) is 0 Å². The van der Waals surface area contributed by atoms with Gasteiger partial charge < -0.3 is 9.84 Å². The van der Waals surface area contributed by atoms with Gasteiger partial charge in [0, 0.05) is 7.14 Å². The van der Waals surface area contributed by atoms with Gasteiger partial charge in [0.05, 0.1) is 17.7 Å². The Hall–Kier alpha value is -1.16. The number of esters is 1. The van der Waals surface area contributed by atoms with Gasteiger partial charge in [0.1, 0.15) is 0 Å². The van der Waals surface area contributed by atoms with E-state index in [-0.39, 0.29) is 5.97 Å². The highest BCUT2D eigenvalue weighted by Crippen LogP contribution is 2.07. The van der Waals surface area contributed by atoms with Crippen molar-refractivity contribution in [3.8, 4) is 0 Å². The topological polar surface area (TPSA) is 63.6 Å². The number of carboxylic acids is 1. The summed E-state index contributed by atoms with van der Waals surface area (Å²) >= 11 is 4.32. The third-order valence-corrected chi connectivity index (χ3v) is 3.88. The molecule has 0 saturated carbocycles. The lowest BCUT2D eigenvalue weighted by Gasteiger charge is -2.00. The first kappa shape index (κ1) is 18.9. The lowest BCUT2D eigenvalue weighted by atomic mass is 10.2. The van der Waals surface area contributed by atoms with Crippen molar-refractivity contribution in [3.63, 3.8) is 0 Å². The highest BCUT2D eigenvalue weighted by molar-refractivity contribution is 14.1. The third kappa shape index (κ3) is 6.73. The van der Waals surface area contributed by atoms with E-state index in [2.05, 4.69) is 45.2 Å². The molecule has 0 aromatic heterocycles. The number of ether oxygens (including phenoxy) is 1. The van der Waals surface area contributed by atoms with Crippen LogP contribution in [0.2, 0.25) is 0 Å². The van der Waals surface area contributed by atoms with Crippen LogP contribution in [-0.2, 0) is 4.74 Å². The number of hydrogen-bond donors (Lipinski definition) is 1. The molecule has 0 aliphatic rings. The summed E-state index contributed by atoms with van der Waals surface area (Å²) in [6, 6.07) is 14.0. The van der Waals surface area contributed by atoms with Crippen LogP contribution in [0.1, 0.15) is 27.6 Å². The Morgan fingerprint density at radius 3 is 1.68 bits per heavy atom. The number of carboxylic acid groups (broad SMARTS) is 1. The summed E-state index contributed by atoms with van der Waals surface area (Å²) in [5.41, 5.74) is 0.942. The second-order valence-electron chi connectivity index (χ2n) is 4.04. The minimum absolute atomic E-state index is 0.256. The molecular weight excluding hydrogens is 510 g/mol. The third-order valence-electron chi connectivity index (χ3n) is 2.45. The molecule has 22 heavy (non-hydrogen) atoms. The summed E-state index contributed by atoms with van der Waals surface area (Å²) in [5.74, 6) is -1.13. The minimum Gasteiger partial charge on any atom is -0.478 e. The van der Waals surface area contributed by atoms with Crippen LogP contribution in [0.5, 0.6) is 0 Å². The number of carbonyl (C=O) groups excluding carboxylic acids is 1. The molecule has 0 fully saturated rings. The van der Waals surface area contributed by atoms with E-state index < -0.39 is 5.97 Å². The van der Waals surface area contributed by atoms with Crippen molar-refractivity contribution in [2.24, 2.45) is 0 Å². The van der Waals surface area contributed by atoms with Gasteiger partial charge in [-0.05, 0) is 101 Å². The molecular formula is C16H14I2O4. The molecule has 4 nitrogen and oxygen atoms in total. The Labute approximate surface area is 156 Å². The molecule has 116 valence electrons. The Morgan fingerprint density at radius 2 is 1.32 bits per heavy atom. The molecule has 2 rings (SSSR count). The highest BCUT2D eigenvalue weighted by atomic mass is 127. The van der Waals surface area contributed by atoms with E-state index in [4.69, 9.17) is 9.84 Å². The van der Waals surface area contributed by atoms with E-state index in [0.29, 0.717) is 17.7 Å². The zero-order valence-electron chi connectivity index (χ0n) is 11.8. The monoisotopic (exact) mass is 524 g/mol. The Kier molecular flexibility index (Phi) is 8.39. The van der Waals surface area contributed by atoms with Gasteiger partial charge in [0.2, 0.25) is 0 Å². The average molecular weight is 524 g/mol. The molecule has 6 heteroatoms. The molecule has 2 aromatic carbocycles. The fraction of sp³-hybridized carbons (Fsp3) is 0.125. The summed E-state index contributed by atoms with van der Waals surface area (Å²) in [7, 11) is 0. The zero-order valence-corrected chi connectivity index (χ0v) is 16.1. The van der Waals surface area contributed by atoms with E-state index >= 15 is 0 Å². The van der Waals surface area contributed by atoms with Crippen molar-refractivity contribution < 1.29 is 19.4 Å². The first-order valence-electron chi connectivity index (χ1n) is 6.35. The normalized spacial score (nSPS) is 9.41. The van der Waals surface area contributed by atoms with Crippen molar-refractivity contribution in [1.82, 2.24) is 0 Å². The number of hydrogen-bond acceptors (Lipinski definition) is 3.